The highest BCUT2D eigenvalue weighted by Crippen LogP contribution is 2.14. The summed E-state index contributed by atoms with van der Waals surface area (Å²) in [6.45, 7) is 1.92. The van der Waals surface area contributed by atoms with E-state index >= 15 is 0 Å². The quantitative estimate of drug-likeness (QED) is 0.803. The van der Waals surface area contributed by atoms with Gasteiger partial charge in [0.1, 0.15) is 5.76 Å². The van der Waals surface area contributed by atoms with Gasteiger partial charge >= 0.3 is 6.03 Å². The molecule has 0 atom stereocenters. The maximum atomic E-state index is 10.9. The van der Waals surface area contributed by atoms with E-state index < -0.39 is 0 Å². The standard InChI is InChI=1S/C9H11N5O3/c1-5-3-6(13-16-5)8-12-7(17-14-8)4-11-9(15)10-2/h3H,4H2,1-2H3,(H2,10,11,15). The van der Waals surface area contributed by atoms with Crippen molar-refractivity contribution in [3.8, 4) is 11.5 Å². The van der Waals surface area contributed by atoms with E-state index in [2.05, 4.69) is 25.9 Å². The summed E-state index contributed by atoms with van der Waals surface area (Å²) in [6.07, 6.45) is 0. The minimum Gasteiger partial charge on any atom is -0.361 e. The van der Waals surface area contributed by atoms with Gasteiger partial charge in [0.2, 0.25) is 11.7 Å². The van der Waals surface area contributed by atoms with Crippen LogP contribution < -0.4 is 10.6 Å². The third kappa shape index (κ3) is 2.60. The normalized spacial score (nSPS) is 10.2. The molecule has 0 saturated carbocycles. The highest BCUT2D eigenvalue weighted by atomic mass is 16.5. The van der Waals surface area contributed by atoms with Gasteiger partial charge in [-0.3, -0.25) is 0 Å². The van der Waals surface area contributed by atoms with Crippen LogP contribution in [0, 0.1) is 6.92 Å². The smallest absolute Gasteiger partial charge is 0.314 e. The minimum absolute atomic E-state index is 0.156. The van der Waals surface area contributed by atoms with Crippen LogP contribution in [0.25, 0.3) is 11.5 Å². The molecule has 0 aromatic carbocycles. The fourth-order valence-corrected chi connectivity index (χ4v) is 1.15. The number of rotatable bonds is 3. The van der Waals surface area contributed by atoms with Crippen LogP contribution in [0.4, 0.5) is 4.79 Å². The lowest BCUT2D eigenvalue weighted by molar-refractivity contribution is 0.240. The number of urea groups is 1. The van der Waals surface area contributed by atoms with Crippen LogP contribution in [-0.2, 0) is 6.54 Å². The van der Waals surface area contributed by atoms with Gasteiger partial charge < -0.3 is 19.7 Å². The van der Waals surface area contributed by atoms with E-state index in [9.17, 15) is 4.79 Å². The van der Waals surface area contributed by atoms with Crippen LogP contribution in [0.15, 0.2) is 15.1 Å². The largest absolute Gasteiger partial charge is 0.361 e. The number of amides is 2. The SMILES string of the molecule is CNC(=O)NCc1nc(-c2cc(C)on2)no1. The summed E-state index contributed by atoms with van der Waals surface area (Å²) in [5, 5.41) is 12.4. The zero-order valence-corrected chi connectivity index (χ0v) is 9.35. The van der Waals surface area contributed by atoms with Gasteiger partial charge in [-0.25, -0.2) is 4.79 Å². The average Bonchev–Trinajstić information content (AvgIpc) is 2.94. The molecule has 2 aromatic rings. The van der Waals surface area contributed by atoms with Crippen molar-refractivity contribution >= 4 is 6.03 Å². The molecule has 0 aliphatic carbocycles. The van der Waals surface area contributed by atoms with Crippen molar-refractivity contribution < 1.29 is 13.8 Å². The predicted octanol–water partition coefficient (Wildman–Crippen LogP) is 0.462. The molecule has 0 aliphatic heterocycles. The summed E-state index contributed by atoms with van der Waals surface area (Å²) >= 11 is 0. The van der Waals surface area contributed by atoms with Crippen LogP contribution in [-0.4, -0.2) is 28.4 Å². The number of aromatic nitrogens is 3. The Labute approximate surface area is 96.4 Å². The molecule has 0 unspecified atom stereocenters. The predicted molar refractivity (Wildman–Crippen MR) is 55.8 cm³/mol. The summed E-state index contributed by atoms with van der Waals surface area (Å²) in [4.78, 5) is 15.0. The van der Waals surface area contributed by atoms with E-state index in [1.54, 1.807) is 13.0 Å². The Morgan fingerprint density at radius 2 is 2.24 bits per heavy atom. The third-order valence-corrected chi connectivity index (χ3v) is 1.95. The zero-order chi connectivity index (χ0) is 12.3. The van der Waals surface area contributed by atoms with Crippen LogP contribution in [0.3, 0.4) is 0 Å². The maximum Gasteiger partial charge on any atom is 0.314 e. The van der Waals surface area contributed by atoms with Gasteiger partial charge in [-0.2, -0.15) is 4.98 Å². The highest BCUT2D eigenvalue weighted by Gasteiger charge is 2.12. The number of hydrogen-bond donors (Lipinski definition) is 2. The molecule has 2 N–H and O–H groups in total. The molecule has 0 saturated heterocycles. The molecule has 0 bridgehead atoms. The Bertz CT molecular complexity index is 518. The molecular formula is C9H11N5O3. The summed E-state index contributed by atoms with van der Waals surface area (Å²) in [5.74, 6) is 1.29. The van der Waals surface area contributed by atoms with Crippen molar-refractivity contribution in [2.45, 2.75) is 13.5 Å². The molecule has 90 valence electrons. The lowest BCUT2D eigenvalue weighted by Gasteiger charge is -1.98. The Morgan fingerprint density at radius 1 is 1.41 bits per heavy atom. The molecular weight excluding hydrogens is 226 g/mol. The van der Waals surface area contributed by atoms with Crippen molar-refractivity contribution in [1.82, 2.24) is 25.9 Å². The molecule has 17 heavy (non-hydrogen) atoms. The molecule has 2 aromatic heterocycles. The van der Waals surface area contributed by atoms with Crippen molar-refractivity contribution in [2.24, 2.45) is 0 Å². The first-order valence-corrected chi connectivity index (χ1v) is 4.91. The van der Waals surface area contributed by atoms with E-state index in [0.717, 1.165) is 0 Å². The molecule has 2 amide bonds. The topological polar surface area (TPSA) is 106 Å². The van der Waals surface area contributed by atoms with Gasteiger partial charge in [-0.15, -0.1) is 0 Å². The number of carbonyl (C=O) groups excluding carboxylic acids is 1. The summed E-state index contributed by atoms with van der Waals surface area (Å²) in [5.41, 5.74) is 0.498. The third-order valence-electron chi connectivity index (χ3n) is 1.95. The molecule has 0 spiro atoms. The molecule has 0 fully saturated rings. The molecule has 0 aliphatic rings. The van der Waals surface area contributed by atoms with Gasteiger partial charge in [0.25, 0.3) is 0 Å². The van der Waals surface area contributed by atoms with E-state index in [0.29, 0.717) is 23.2 Å². The second-order valence-electron chi connectivity index (χ2n) is 3.27. The van der Waals surface area contributed by atoms with Crippen LogP contribution in [0.5, 0.6) is 0 Å². The lowest BCUT2D eigenvalue weighted by Crippen LogP contribution is -2.32. The number of carbonyl (C=O) groups is 1. The average molecular weight is 237 g/mol. The van der Waals surface area contributed by atoms with Crippen LogP contribution >= 0.6 is 0 Å². The Kier molecular flexibility index (Phi) is 3.03. The van der Waals surface area contributed by atoms with Gasteiger partial charge in [0.05, 0.1) is 6.54 Å². The Hall–Kier alpha value is -2.38. The molecule has 2 rings (SSSR count). The molecule has 8 nitrogen and oxygen atoms in total. The first-order chi connectivity index (χ1) is 8.19. The Morgan fingerprint density at radius 3 is 2.88 bits per heavy atom. The van der Waals surface area contributed by atoms with Crippen LogP contribution in [0.2, 0.25) is 0 Å². The summed E-state index contributed by atoms with van der Waals surface area (Å²) in [6, 6.07) is 1.38. The summed E-state index contributed by atoms with van der Waals surface area (Å²) < 4.78 is 9.83. The number of aryl methyl sites for hydroxylation is 1. The minimum atomic E-state index is -0.318. The van der Waals surface area contributed by atoms with Gasteiger partial charge in [0.15, 0.2) is 5.69 Å². The highest BCUT2D eigenvalue weighted by molar-refractivity contribution is 5.73. The zero-order valence-electron chi connectivity index (χ0n) is 9.35. The van der Waals surface area contributed by atoms with Crippen molar-refractivity contribution in [3.05, 3.63) is 17.7 Å². The fourth-order valence-electron chi connectivity index (χ4n) is 1.15. The monoisotopic (exact) mass is 237 g/mol. The first kappa shape index (κ1) is 11.1. The van der Waals surface area contributed by atoms with Crippen molar-refractivity contribution in [1.29, 1.82) is 0 Å². The molecule has 2 heterocycles. The number of nitrogens with one attached hydrogen (secondary N) is 2. The molecule has 8 heteroatoms. The second-order valence-corrected chi connectivity index (χ2v) is 3.27. The van der Waals surface area contributed by atoms with Crippen molar-refractivity contribution in [2.75, 3.05) is 7.05 Å². The van der Waals surface area contributed by atoms with E-state index in [-0.39, 0.29) is 12.6 Å². The van der Waals surface area contributed by atoms with E-state index in [1.165, 1.54) is 7.05 Å². The maximum absolute atomic E-state index is 10.9. The van der Waals surface area contributed by atoms with E-state index in [1.807, 2.05) is 0 Å². The number of nitrogens with zero attached hydrogens (tertiary/aromatic N) is 3. The van der Waals surface area contributed by atoms with Gasteiger partial charge in [-0.05, 0) is 6.92 Å². The fraction of sp³-hybridized carbons (Fsp3) is 0.333. The lowest BCUT2D eigenvalue weighted by atomic mass is 10.4. The van der Waals surface area contributed by atoms with Gasteiger partial charge in [-0.1, -0.05) is 10.3 Å². The summed E-state index contributed by atoms with van der Waals surface area (Å²) in [7, 11) is 1.52. The Balaban J connectivity index is 2.03. The van der Waals surface area contributed by atoms with E-state index in [4.69, 9.17) is 9.05 Å². The number of hydrogen-bond acceptors (Lipinski definition) is 6. The molecule has 0 radical (unpaired) electrons. The first-order valence-electron chi connectivity index (χ1n) is 4.91. The van der Waals surface area contributed by atoms with Gasteiger partial charge in [0, 0.05) is 13.1 Å². The van der Waals surface area contributed by atoms with Crippen molar-refractivity contribution in [3.63, 3.8) is 0 Å². The second kappa shape index (κ2) is 4.64. The van der Waals surface area contributed by atoms with Crippen LogP contribution in [0.1, 0.15) is 11.7 Å².